The van der Waals surface area contributed by atoms with E-state index in [0.717, 1.165) is 33.9 Å². The largest absolute Gasteiger partial charge is 0.347 e. The zero-order chi connectivity index (χ0) is 15.3. The van der Waals surface area contributed by atoms with Crippen molar-refractivity contribution in [1.29, 1.82) is 0 Å². The molecule has 1 unspecified atom stereocenters. The van der Waals surface area contributed by atoms with E-state index >= 15 is 0 Å². The van der Waals surface area contributed by atoms with Gasteiger partial charge in [0.25, 0.3) is 5.56 Å². The summed E-state index contributed by atoms with van der Waals surface area (Å²) >= 11 is 0. The summed E-state index contributed by atoms with van der Waals surface area (Å²) in [5.41, 5.74) is 2.37. The highest BCUT2D eigenvalue weighted by Gasteiger charge is 2.17. The number of pyridine rings is 1. The van der Waals surface area contributed by atoms with Crippen LogP contribution in [-0.2, 0) is 0 Å². The number of aromatic amines is 1. The molecule has 5 nitrogen and oxygen atoms in total. The second kappa shape index (κ2) is 4.66. The number of hydrogen-bond donors (Lipinski definition) is 1. The van der Waals surface area contributed by atoms with Crippen molar-refractivity contribution >= 4 is 32.8 Å². The monoisotopic (exact) mass is 292 g/mol. The van der Waals surface area contributed by atoms with E-state index in [1.165, 1.54) is 0 Å². The van der Waals surface area contributed by atoms with Crippen LogP contribution < -0.4 is 5.56 Å². The van der Waals surface area contributed by atoms with Gasteiger partial charge < -0.3 is 4.98 Å². The van der Waals surface area contributed by atoms with E-state index in [1.54, 1.807) is 0 Å². The molecule has 4 rings (SSSR count). The first-order valence-electron chi connectivity index (χ1n) is 7.49. The van der Waals surface area contributed by atoms with Gasteiger partial charge in [-0.25, -0.2) is 0 Å². The van der Waals surface area contributed by atoms with Gasteiger partial charge in [0, 0.05) is 23.0 Å². The van der Waals surface area contributed by atoms with E-state index in [-0.39, 0.29) is 11.6 Å². The van der Waals surface area contributed by atoms with Crippen molar-refractivity contribution in [1.82, 2.24) is 19.7 Å². The Labute approximate surface area is 126 Å². The predicted octanol–water partition coefficient (Wildman–Crippen LogP) is 3.40. The van der Waals surface area contributed by atoms with E-state index in [2.05, 4.69) is 29.0 Å². The van der Waals surface area contributed by atoms with E-state index in [9.17, 15) is 4.79 Å². The minimum Gasteiger partial charge on any atom is -0.347 e. The lowest BCUT2D eigenvalue weighted by Gasteiger charge is -2.13. The zero-order valence-corrected chi connectivity index (χ0v) is 12.5. The van der Waals surface area contributed by atoms with Crippen LogP contribution in [0.15, 0.2) is 41.3 Å². The minimum atomic E-state index is 0.00620. The fourth-order valence-electron chi connectivity index (χ4n) is 3.04. The molecule has 0 saturated carbocycles. The molecule has 1 N–H and O–H groups in total. The maximum atomic E-state index is 13.1. The Hall–Kier alpha value is -2.69. The molecule has 0 aliphatic rings. The number of nitrogens with zero attached hydrogens (tertiary/aromatic N) is 3. The van der Waals surface area contributed by atoms with Crippen LogP contribution in [0.3, 0.4) is 0 Å². The molecule has 0 saturated heterocycles. The van der Waals surface area contributed by atoms with Crippen LogP contribution >= 0.6 is 0 Å². The van der Waals surface area contributed by atoms with Gasteiger partial charge in [0.2, 0.25) is 0 Å². The molecule has 0 amide bonds. The van der Waals surface area contributed by atoms with Gasteiger partial charge in [0.1, 0.15) is 16.7 Å². The van der Waals surface area contributed by atoms with Crippen molar-refractivity contribution in [2.45, 2.75) is 26.3 Å². The van der Waals surface area contributed by atoms with Gasteiger partial charge in [-0.1, -0.05) is 25.1 Å². The minimum absolute atomic E-state index is 0.00620. The Morgan fingerprint density at radius 2 is 1.95 bits per heavy atom. The maximum absolute atomic E-state index is 13.1. The first-order chi connectivity index (χ1) is 10.7. The molecule has 5 heteroatoms. The van der Waals surface area contributed by atoms with Gasteiger partial charge in [-0.05, 0) is 25.5 Å². The maximum Gasteiger partial charge on any atom is 0.260 e. The number of H-pyrrole nitrogens is 1. The fraction of sp³-hybridized carbons (Fsp3) is 0.235. The van der Waals surface area contributed by atoms with Crippen molar-refractivity contribution in [3.8, 4) is 0 Å². The number of hydrogen-bond acceptors (Lipinski definition) is 3. The zero-order valence-electron chi connectivity index (χ0n) is 12.5. The fourth-order valence-corrected chi connectivity index (χ4v) is 3.04. The second-order valence-electron chi connectivity index (χ2n) is 5.61. The molecule has 0 radical (unpaired) electrons. The van der Waals surface area contributed by atoms with Gasteiger partial charge in [-0.3, -0.25) is 9.36 Å². The molecule has 3 aromatic heterocycles. The average molecular weight is 292 g/mol. The Morgan fingerprint density at radius 1 is 1.18 bits per heavy atom. The Bertz CT molecular complexity index is 1060. The van der Waals surface area contributed by atoms with Gasteiger partial charge in [0.05, 0.1) is 5.39 Å². The summed E-state index contributed by atoms with van der Waals surface area (Å²) in [5.74, 6) is 0. The van der Waals surface area contributed by atoms with Crippen LogP contribution in [0.2, 0.25) is 0 Å². The molecule has 110 valence electrons. The number of benzene rings is 1. The van der Waals surface area contributed by atoms with Crippen LogP contribution in [-0.4, -0.2) is 19.7 Å². The van der Waals surface area contributed by atoms with E-state index in [4.69, 9.17) is 0 Å². The Kier molecular flexibility index (Phi) is 2.76. The third-order valence-electron chi connectivity index (χ3n) is 4.35. The molecular formula is C17H16N4O. The van der Waals surface area contributed by atoms with Crippen molar-refractivity contribution in [2.75, 3.05) is 0 Å². The Morgan fingerprint density at radius 3 is 2.73 bits per heavy atom. The van der Waals surface area contributed by atoms with Crippen LogP contribution in [0.1, 0.15) is 26.3 Å². The highest BCUT2D eigenvalue weighted by atomic mass is 16.1. The van der Waals surface area contributed by atoms with Crippen LogP contribution in [0.4, 0.5) is 0 Å². The first-order valence-corrected chi connectivity index (χ1v) is 7.49. The summed E-state index contributed by atoms with van der Waals surface area (Å²) in [6, 6.07) is 9.59. The third kappa shape index (κ3) is 1.62. The summed E-state index contributed by atoms with van der Waals surface area (Å²) in [4.78, 5) is 16.3. The van der Waals surface area contributed by atoms with E-state index in [0.29, 0.717) is 5.39 Å². The van der Waals surface area contributed by atoms with E-state index < -0.39 is 0 Å². The Balaban J connectivity index is 2.43. The number of nitrogens with one attached hydrogen (secondary N) is 1. The van der Waals surface area contributed by atoms with Gasteiger partial charge in [0.15, 0.2) is 0 Å². The molecule has 1 atom stereocenters. The van der Waals surface area contributed by atoms with Crippen molar-refractivity contribution in [3.05, 3.63) is 46.9 Å². The number of rotatable bonds is 2. The average Bonchev–Trinajstić information content (AvgIpc) is 2.95. The first kappa shape index (κ1) is 13.0. The summed E-state index contributed by atoms with van der Waals surface area (Å²) < 4.78 is 1.83. The molecule has 0 aliphatic carbocycles. The quantitative estimate of drug-likeness (QED) is 0.616. The summed E-state index contributed by atoms with van der Waals surface area (Å²) in [5, 5.41) is 11.0. The topological polar surface area (TPSA) is 63.6 Å². The smallest absolute Gasteiger partial charge is 0.260 e. The van der Waals surface area contributed by atoms with Crippen LogP contribution in [0, 0.1) is 0 Å². The van der Waals surface area contributed by atoms with Crippen LogP contribution in [0.25, 0.3) is 32.8 Å². The highest BCUT2D eigenvalue weighted by Crippen LogP contribution is 2.28. The summed E-state index contributed by atoms with van der Waals surface area (Å²) in [7, 11) is 0. The second-order valence-corrected chi connectivity index (χ2v) is 5.61. The molecule has 0 spiro atoms. The highest BCUT2D eigenvalue weighted by molar-refractivity contribution is 6.14. The van der Waals surface area contributed by atoms with Crippen molar-refractivity contribution in [2.24, 2.45) is 0 Å². The SMILES string of the molecule is CCC(C)n1c(=O)c2ccccc2c2nnc3cc[nH]c1c32. The van der Waals surface area contributed by atoms with Crippen LogP contribution in [0.5, 0.6) is 0 Å². The van der Waals surface area contributed by atoms with Crippen molar-refractivity contribution in [3.63, 3.8) is 0 Å². The standard InChI is InChI=1S/C17H16N4O/c1-3-10(2)21-16-14-13(8-9-18-16)19-20-15(14)11-6-4-5-7-12(11)17(21)22/h4-10,18H,3H2,1-2H3. The van der Waals surface area contributed by atoms with Gasteiger partial charge in [-0.2, -0.15) is 0 Å². The lowest BCUT2D eigenvalue weighted by atomic mass is 10.1. The van der Waals surface area contributed by atoms with Gasteiger partial charge in [-0.15, -0.1) is 10.2 Å². The molecule has 4 aromatic rings. The molecule has 0 bridgehead atoms. The predicted molar refractivity (Wildman–Crippen MR) is 88.2 cm³/mol. The van der Waals surface area contributed by atoms with E-state index in [1.807, 2.05) is 41.1 Å². The van der Waals surface area contributed by atoms with Crippen molar-refractivity contribution < 1.29 is 0 Å². The normalized spacial score (nSPS) is 13.2. The molecular weight excluding hydrogens is 276 g/mol. The third-order valence-corrected chi connectivity index (χ3v) is 4.35. The molecule has 0 fully saturated rings. The molecule has 1 aromatic carbocycles. The number of fused-ring (bicyclic) bond motifs is 2. The lowest BCUT2D eigenvalue weighted by molar-refractivity contribution is 0.531. The summed E-state index contributed by atoms with van der Waals surface area (Å²) in [6.07, 6.45) is 2.68. The molecule has 22 heavy (non-hydrogen) atoms. The number of aromatic nitrogens is 4. The summed E-state index contributed by atoms with van der Waals surface area (Å²) in [6.45, 7) is 4.14. The lowest BCUT2D eigenvalue weighted by Crippen LogP contribution is -2.22. The molecule has 3 heterocycles. The molecule has 0 aliphatic heterocycles. The van der Waals surface area contributed by atoms with Gasteiger partial charge >= 0.3 is 0 Å².